The van der Waals surface area contributed by atoms with E-state index in [1.54, 1.807) is 29.5 Å². The molecule has 1 aliphatic heterocycles. The van der Waals surface area contributed by atoms with E-state index in [0.717, 1.165) is 12.0 Å². The Morgan fingerprint density at radius 1 is 1.27 bits per heavy atom. The molecule has 0 fully saturated rings. The standard InChI is InChI=1S/C15H15Cl2NO2S2/c1-2-13-10-7-9-21-14(10)6-8-18(13)22(19,20)15-11(16)4-3-5-12(15)17/h3-5,7,9,13H,2,6,8H2,1H3. The molecule has 1 aromatic carbocycles. The number of hydrogen-bond acceptors (Lipinski definition) is 3. The van der Waals surface area contributed by atoms with E-state index in [4.69, 9.17) is 23.2 Å². The first kappa shape index (κ1) is 16.3. The van der Waals surface area contributed by atoms with Crippen molar-refractivity contribution in [2.75, 3.05) is 6.54 Å². The van der Waals surface area contributed by atoms with Crippen LogP contribution in [0.1, 0.15) is 29.8 Å². The summed E-state index contributed by atoms with van der Waals surface area (Å²) < 4.78 is 27.7. The number of benzene rings is 1. The first-order chi connectivity index (χ1) is 10.5. The van der Waals surface area contributed by atoms with Gasteiger partial charge in [0.15, 0.2) is 0 Å². The molecule has 1 unspecified atom stereocenters. The summed E-state index contributed by atoms with van der Waals surface area (Å²) in [6.45, 7) is 2.45. The van der Waals surface area contributed by atoms with E-state index in [1.165, 1.54) is 9.18 Å². The molecule has 22 heavy (non-hydrogen) atoms. The van der Waals surface area contributed by atoms with Crippen LogP contribution in [0.5, 0.6) is 0 Å². The summed E-state index contributed by atoms with van der Waals surface area (Å²) in [5.41, 5.74) is 1.10. The molecule has 1 atom stereocenters. The Balaban J connectivity index is 2.10. The molecule has 3 rings (SSSR count). The smallest absolute Gasteiger partial charge is 0.207 e. The molecule has 0 saturated heterocycles. The fourth-order valence-electron chi connectivity index (χ4n) is 2.93. The predicted molar refractivity (Wildman–Crippen MR) is 91.4 cm³/mol. The third-order valence-electron chi connectivity index (χ3n) is 3.92. The van der Waals surface area contributed by atoms with E-state index in [-0.39, 0.29) is 21.0 Å². The summed E-state index contributed by atoms with van der Waals surface area (Å²) in [6, 6.07) is 6.62. The summed E-state index contributed by atoms with van der Waals surface area (Å²) in [7, 11) is -3.73. The molecule has 0 aliphatic carbocycles. The summed E-state index contributed by atoms with van der Waals surface area (Å²) in [5.74, 6) is 0. The monoisotopic (exact) mass is 375 g/mol. The highest BCUT2D eigenvalue weighted by atomic mass is 35.5. The van der Waals surface area contributed by atoms with E-state index in [9.17, 15) is 8.42 Å². The lowest BCUT2D eigenvalue weighted by Crippen LogP contribution is -2.39. The Morgan fingerprint density at radius 2 is 1.95 bits per heavy atom. The van der Waals surface area contributed by atoms with Crippen molar-refractivity contribution in [3.8, 4) is 0 Å². The average Bonchev–Trinajstić information content (AvgIpc) is 2.94. The van der Waals surface area contributed by atoms with Gasteiger partial charge in [-0.3, -0.25) is 0 Å². The van der Waals surface area contributed by atoms with Crippen molar-refractivity contribution >= 4 is 44.6 Å². The third kappa shape index (κ3) is 2.59. The highest BCUT2D eigenvalue weighted by molar-refractivity contribution is 7.89. The number of nitrogens with zero attached hydrogens (tertiary/aromatic N) is 1. The van der Waals surface area contributed by atoms with E-state index in [0.29, 0.717) is 13.0 Å². The molecular weight excluding hydrogens is 361 g/mol. The molecule has 0 radical (unpaired) electrons. The molecular formula is C15H15Cl2NO2S2. The van der Waals surface area contributed by atoms with E-state index in [1.807, 2.05) is 18.4 Å². The van der Waals surface area contributed by atoms with Gasteiger partial charge in [-0.25, -0.2) is 8.42 Å². The van der Waals surface area contributed by atoms with Crippen molar-refractivity contribution in [3.63, 3.8) is 0 Å². The average molecular weight is 376 g/mol. The van der Waals surface area contributed by atoms with Crippen molar-refractivity contribution in [2.45, 2.75) is 30.7 Å². The predicted octanol–water partition coefficient (Wildman–Crippen LogP) is 4.75. The lowest BCUT2D eigenvalue weighted by atomic mass is 10.0. The maximum atomic E-state index is 13.1. The van der Waals surface area contributed by atoms with Crippen LogP contribution in [0.25, 0.3) is 0 Å². The van der Waals surface area contributed by atoms with Gasteiger partial charge in [-0.2, -0.15) is 4.31 Å². The first-order valence-corrected chi connectivity index (χ1v) is 10.1. The zero-order valence-electron chi connectivity index (χ0n) is 11.9. The molecule has 0 bridgehead atoms. The summed E-state index contributed by atoms with van der Waals surface area (Å²) >= 11 is 13.9. The van der Waals surface area contributed by atoms with E-state index in [2.05, 4.69) is 0 Å². The number of halogens is 2. The van der Waals surface area contributed by atoms with Gasteiger partial charge in [-0.15, -0.1) is 11.3 Å². The van der Waals surface area contributed by atoms with Gasteiger partial charge in [0, 0.05) is 11.4 Å². The van der Waals surface area contributed by atoms with Gasteiger partial charge in [-0.1, -0.05) is 36.2 Å². The van der Waals surface area contributed by atoms with Gasteiger partial charge in [0.25, 0.3) is 0 Å². The van der Waals surface area contributed by atoms with Crippen LogP contribution in [0, 0.1) is 0 Å². The Morgan fingerprint density at radius 3 is 2.59 bits per heavy atom. The molecule has 0 amide bonds. The summed E-state index contributed by atoms with van der Waals surface area (Å²) in [4.78, 5) is 1.28. The third-order valence-corrected chi connectivity index (χ3v) is 7.78. The molecule has 2 aromatic rings. The van der Waals surface area contributed by atoms with Gasteiger partial charge in [0.1, 0.15) is 4.90 Å². The summed E-state index contributed by atoms with van der Waals surface area (Å²) in [6.07, 6.45) is 1.44. The van der Waals surface area contributed by atoms with Crippen LogP contribution in [0.3, 0.4) is 0 Å². The van der Waals surface area contributed by atoms with Crippen molar-refractivity contribution in [1.82, 2.24) is 4.31 Å². The maximum absolute atomic E-state index is 13.1. The lowest BCUT2D eigenvalue weighted by molar-refractivity contribution is 0.303. The van der Waals surface area contributed by atoms with Gasteiger partial charge in [-0.05, 0) is 42.0 Å². The van der Waals surface area contributed by atoms with E-state index < -0.39 is 10.0 Å². The zero-order chi connectivity index (χ0) is 15.9. The van der Waals surface area contributed by atoms with Crippen LogP contribution < -0.4 is 0 Å². The minimum absolute atomic E-state index is 0.00969. The number of sulfonamides is 1. The molecule has 0 N–H and O–H groups in total. The second-order valence-corrected chi connectivity index (χ2v) is 8.78. The van der Waals surface area contributed by atoms with Gasteiger partial charge < -0.3 is 0 Å². The number of hydrogen-bond donors (Lipinski definition) is 0. The molecule has 0 saturated carbocycles. The SMILES string of the molecule is CCC1c2ccsc2CCN1S(=O)(=O)c1c(Cl)cccc1Cl. The second kappa shape index (κ2) is 6.13. The molecule has 118 valence electrons. The highest BCUT2D eigenvalue weighted by Gasteiger charge is 2.37. The quantitative estimate of drug-likeness (QED) is 0.775. The fourth-order valence-corrected chi connectivity index (χ4v) is 6.63. The van der Waals surface area contributed by atoms with Gasteiger partial charge >= 0.3 is 0 Å². The normalized spacial score (nSPS) is 19.1. The fraction of sp³-hybridized carbons (Fsp3) is 0.333. The van der Waals surface area contributed by atoms with Crippen LogP contribution in [0.2, 0.25) is 10.0 Å². The highest BCUT2D eigenvalue weighted by Crippen LogP contribution is 2.41. The second-order valence-electron chi connectivity index (χ2n) is 5.14. The van der Waals surface area contributed by atoms with Crippen LogP contribution in [-0.4, -0.2) is 19.3 Å². The van der Waals surface area contributed by atoms with Crippen molar-refractivity contribution < 1.29 is 8.42 Å². The van der Waals surface area contributed by atoms with Crippen molar-refractivity contribution in [1.29, 1.82) is 0 Å². The van der Waals surface area contributed by atoms with Gasteiger partial charge in [0.2, 0.25) is 10.0 Å². The van der Waals surface area contributed by atoms with Crippen LogP contribution in [0.4, 0.5) is 0 Å². The first-order valence-electron chi connectivity index (χ1n) is 6.99. The van der Waals surface area contributed by atoms with Crippen LogP contribution >= 0.6 is 34.5 Å². The van der Waals surface area contributed by atoms with E-state index >= 15 is 0 Å². The largest absolute Gasteiger partial charge is 0.246 e. The number of fused-ring (bicyclic) bond motifs is 1. The Hall–Kier alpha value is -0.590. The molecule has 1 aliphatic rings. The number of thiophene rings is 1. The topological polar surface area (TPSA) is 37.4 Å². The summed E-state index contributed by atoms with van der Waals surface area (Å²) in [5, 5.41) is 2.35. The minimum Gasteiger partial charge on any atom is -0.207 e. The van der Waals surface area contributed by atoms with Crippen molar-refractivity contribution in [3.05, 3.63) is 50.1 Å². The van der Waals surface area contributed by atoms with Crippen LogP contribution in [0.15, 0.2) is 34.5 Å². The van der Waals surface area contributed by atoms with Crippen molar-refractivity contribution in [2.24, 2.45) is 0 Å². The molecule has 2 heterocycles. The Kier molecular flexibility index (Phi) is 4.54. The Labute approximate surface area is 144 Å². The molecule has 3 nitrogen and oxygen atoms in total. The minimum atomic E-state index is -3.73. The zero-order valence-corrected chi connectivity index (χ0v) is 15.1. The van der Waals surface area contributed by atoms with Crippen LogP contribution in [-0.2, 0) is 16.4 Å². The molecule has 0 spiro atoms. The molecule has 7 heteroatoms. The lowest BCUT2D eigenvalue weighted by Gasteiger charge is -2.34. The molecule has 1 aromatic heterocycles. The van der Waals surface area contributed by atoms with Gasteiger partial charge in [0.05, 0.1) is 16.1 Å². The number of rotatable bonds is 3. The Bertz CT molecular complexity index is 781. The maximum Gasteiger partial charge on any atom is 0.246 e.